The summed E-state index contributed by atoms with van der Waals surface area (Å²) in [5.74, 6) is 0. The second-order valence-corrected chi connectivity index (χ2v) is 7.85. The third-order valence-electron chi connectivity index (χ3n) is 3.45. The average Bonchev–Trinajstić information content (AvgIpc) is 2.56. The number of nitrogens with zero attached hydrogens (tertiary/aromatic N) is 2. The van der Waals surface area contributed by atoms with Crippen molar-refractivity contribution >= 4 is 19.1 Å². The first-order valence-corrected chi connectivity index (χ1v) is 11.4. The Bertz CT molecular complexity index is 463. The molecule has 23 heavy (non-hydrogen) atoms. The summed E-state index contributed by atoms with van der Waals surface area (Å²) in [6.45, 7) is 4.19. The molecule has 5 heteroatoms. The van der Waals surface area contributed by atoms with E-state index in [-0.39, 0.29) is 15.9 Å². The fourth-order valence-electron chi connectivity index (χ4n) is 2.29. The first-order valence-electron chi connectivity index (χ1n) is 7.43. The molecule has 0 spiro atoms. The molecule has 0 radical (unpaired) electrons. The molecule has 0 saturated heterocycles. The molecule has 0 saturated carbocycles. The van der Waals surface area contributed by atoms with Crippen molar-refractivity contribution in [2.75, 3.05) is 27.2 Å². The Labute approximate surface area is 156 Å². The Hall–Kier alpha value is -0.398. The van der Waals surface area contributed by atoms with Gasteiger partial charge in [-0.3, -0.25) is 0 Å². The standard InChI is InChI=1S/C18H24N2.2ClH.Pd/c1-19(15-17-9-5-3-6-10-17)13-14-20(2)16-18-11-7-4-8-12-18;;;/h3-12H,13-16H2,1-2H3;2*1H;/q;;;+2/p-2. The minimum atomic E-state index is -0.106. The minimum absolute atomic E-state index is 0.106. The van der Waals surface area contributed by atoms with Crippen LogP contribution in [0.25, 0.3) is 0 Å². The van der Waals surface area contributed by atoms with Gasteiger partial charge < -0.3 is 9.80 Å². The van der Waals surface area contributed by atoms with Crippen LogP contribution in [-0.2, 0) is 29.0 Å². The van der Waals surface area contributed by atoms with Crippen LogP contribution in [0.2, 0.25) is 0 Å². The predicted molar refractivity (Wildman–Crippen MR) is 97.3 cm³/mol. The summed E-state index contributed by atoms with van der Waals surface area (Å²) in [6.07, 6.45) is 0. The Kier molecular flexibility index (Phi) is 11.6. The molecule has 130 valence electrons. The molecule has 0 heterocycles. The van der Waals surface area contributed by atoms with Crippen molar-refractivity contribution in [2.45, 2.75) is 13.1 Å². The molecule has 0 bridgehead atoms. The molecule has 0 amide bonds. The third kappa shape index (κ3) is 10.1. The monoisotopic (exact) mass is 444 g/mol. The summed E-state index contributed by atoms with van der Waals surface area (Å²) in [7, 11) is 14.0. The normalized spacial score (nSPS) is 10.7. The van der Waals surface area contributed by atoms with E-state index in [1.165, 1.54) is 11.1 Å². The molecule has 0 atom stereocenters. The molecule has 0 aliphatic carbocycles. The van der Waals surface area contributed by atoms with Gasteiger partial charge in [-0.25, -0.2) is 0 Å². The van der Waals surface area contributed by atoms with E-state index in [0.29, 0.717) is 0 Å². The zero-order chi connectivity index (χ0) is 16.9. The Balaban J connectivity index is 0.000000816. The Morgan fingerprint density at radius 1 is 0.696 bits per heavy atom. The van der Waals surface area contributed by atoms with Crippen LogP contribution in [0.4, 0.5) is 0 Å². The van der Waals surface area contributed by atoms with E-state index < -0.39 is 0 Å². The summed E-state index contributed by atoms with van der Waals surface area (Å²) < 4.78 is 0. The third-order valence-corrected chi connectivity index (χ3v) is 3.45. The first-order chi connectivity index (χ1) is 11.2. The fourth-order valence-corrected chi connectivity index (χ4v) is 2.29. The van der Waals surface area contributed by atoms with Crippen LogP contribution in [0, 0.1) is 0 Å². The van der Waals surface area contributed by atoms with Crippen LogP contribution in [-0.4, -0.2) is 37.0 Å². The zero-order valence-electron chi connectivity index (χ0n) is 13.6. The summed E-state index contributed by atoms with van der Waals surface area (Å²) in [5.41, 5.74) is 2.75. The molecule has 0 N–H and O–H groups in total. The predicted octanol–water partition coefficient (Wildman–Crippen LogP) is 4.63. The van der Waals surface area contributed by atoms with E-state index in [2.05, 4.69) is 84.6 Å². The molecule has 0 aliphatic rings. The second-order valence-electron chi connectivity index (χ2n) is 5.49. The Morgan fingerprint density at radius 2 is 1.00 bits per heavy atom. The van der Waals surface area contributed by atoms with Crippen molar-refractivity contribution in [1.29, 1.82) is 0 Å². The second kappa shape index (κ2) is 13.0. The zero-order valence-corrected chi connectivity index (χ0v) is 16.6. The maximum atomic E-state index is 4.81. The van der Waals surface area contributed by atoms with Gasteiger partial charge in [0.05, 0.1) is 0 Å². The fraction of sp³-hybridized carbons (Fsp3) is 0.333. The average molecular weight is 446 g/mol. The SMILES string of the molecule is CN(CCN(C)Cc1ccccc1)Cc1ccccc1.[Cl][Pd][Cl]. The topological polar surface area (TPSA) is 6.48 Å². The van der Waals surface area contributed by atoms with Gasteiger partial charge in [0.15, 0.2) is 0 Å². The molecule has 0 aliphatic heterocycles. The van der Waals surface area contributed by atoms with Crippen LogP contribution in [0.15, 0.2) is 60.7 Å². The molecule has 0 fully saturated rings. The molecule has 0 unspecified atom stereocenters. The van der Waals surface area contributed by atoms with Gasteiger partial charge in [0.1, 0.15) is 0 Å². The summed E-state index contributed by atoms with van der Waals surface area (Å²) >= 11 is -0.106. The number of likely N-dealkylation sites (N-methyl/N-ethyl adjacent to an activating group) is 2. The van der Waals surface area contributed by atoms with Gasteiger partial charge in [-0.15, -0.1) is 0 Å². The van der Waals surface area contributed by atoms with E-state index in [1.807, 2.05) is 0 Å². The van der Waals surface area contributed by atoms with Crippen molar-refractivity contribution in [1.82, 2.24) is 9.80 Å². The molecule has 2 aromatic rings. The van der Waals surface area contributed by atoms with E-state index >= 15 is 0 Å². The van der Waals surface area contributed by atoms with E-state index in [1.54, 1.807) is 0 Å². The molecule has 2 aromatic carbocycles. The van der Waals surface area contributed by atoms with Crippen molar-refractivity contribution in [3.8, 4) is 0 Å². The van der Waals surface area contributed by atoms with Gasteiger partial charge in [-0.2, -0.15) is 0 Å². The van der Waals surface area contributed by atoms with Crippen molar-refractivity contribution in [3.63, 3.8) is 0 Å². The summed E-state index contributed by atoms with van der Waals surface area (Å²) in [4.78, 5) is 4.74. The van der Waals surface area contributed by atoms with Crippen LogP contribution in [0.3, 0.4) is 0 Å². The van der Waals surface area contributed by atoms with Crippen LogP contribution >= 0.6 is 19.1 Å². The Morgan fingerprint density at radius 3 is 1.30 bits per heavy atom. The summed E-state index contributed by atoms with van der Waals surface area (Å²) in [6, 6.07) is 21.3. The number of benzene rings is 2. The van der Waals surface area contributed by atoms with Crippen molar-refractivity contribution in [2.24, 2.45) is 0 Å². The maximum absolute atomic E-state index is 4.81. The van der Waals surface area contributed by atoms with Crippen molar-refractivity contribution in [3.05, 3.63) is 71.8 Å². The first kappa shape index (κ1) is 20.6. The van der Waals surface area contributed by atoms with Crippen LogP contribution < -0.4 is 0 Å². The molecule has 2 nitrogen and oxygen atoms in total. The van der Waals surface area contributed by atoms with E-state index in [9.17, 15) is 0 Å². The van der Waals surface area contributed by atoms with Gasteiger partial charge in [0.2, 0.25) is 0 Å². The van der Waals surface area contributed by atoms with Gasteiger partial charge in [0, 0.05) is 26.2 Å². The van der Waals surface area contributed by atoms with Crippen molar-refractivity contribution < 1.29 is 15.9 Å². The number of hydrogen-bond acceptors (Lipinski definition) is 2. The van der Waals surface area contributed by atoms with E-state index in [0.717, 1.165) is 26.2 Å². The van der Waals surface area contributed by atoms with Gasteiger partial charge in [0.25, 0.3) is 0 Å². The van der Waals surface area contributed by atoms with Gasteiger partial charge in [-0.05, 0) is 25.2 Å². The number of hydrogen-bond donors (Lipinski definition) is 0. The molecule has 0 aromatic heterocycles. The molecular weight excluding hydrogens is 422 g/mol. The molecular formula is C18H24Cl2N2Pd. The number of rotatable bonds is 7. The number of halogens is 2. The molecule has 2 rings (SSSR count). The van der Waals surface area contributed by atoms with Gasteiger partial charge >= 0.3 is 35.0 Å². The van der Waals surface area contributed by atoms with Crippen LogP contribution in [0.5, 0.6) is 0 Å². The van der Waals surface area contributed by atoms with E-state index in [4.69, 9.17) is 19.1 Å². The van der Waals surface area contributed by atoms with Crippen LogP contribution in [0.1, 0.15) is 11.1 Å². The summed E-state index contributed by atoms with van der Waals surface area (Å²) in [5, 5.41) is 0. The van der Waals surface area contributed by atoms with Gasteiger partial charge in [-0.1, -0.05) is 60.7 Å². The quantitative estimate of drug-likeness (QED) is 0.574.